The van der Waals surface area contributed by atoms with Gasteiger partial charge in [0.1, 0.15) is 0 Å². The molecule has 1 amide bonds. The van der Waals surface area contributed by atoms with Gasteiger partial charge in [0.2, 0.25) is 5.91 Å². The van der Waals surface area contributed by atoms with Crippen LogP contribution in [-0.4, -0.2) is 22.4 Å². The first-order chi connectivity index (χ1) is 6.79. The summed E-state index contributed by atoms with van der Waals surface area (Å²) in [5.41, 5.74) is 10.2. The molecule has 0 bridgehead atoms. The van der Waals surface area contributed by atoms with Gasteiger partial charge in [-0.15, -0.1) is 0 Å². The smallest absolute Gasteiger partial charge is 0.237 e. The van der Waals surface area contributed by atoms with E-state index < -0.39 is 11.4 Å². The van der Waals surface area contributed by atoms with Crippen molar-refractivity contribution in [1.82, 2.24) is 0 Å². The van der Waals surface area contributed by atoms with Crippen LogP contribution in [0.15, 0.2) is 0 Å². The topological polar surface area (TPSA) is 69.1 Å². The predicted octanol–water partition coefficient (Wildman–Crippen LogP) is 1.75. The molecule has 0 aromatic carbocycles. The van der Waals surface area contributed by atoms with Gasteiger partial charge in [0.15, 0.2) is 0 Å². The van der Waals surface area contributed by atoms with E-state index in [-0.39, 0.29) is 0 Å². The van der Waals surface area contributed by atoms with E-state index in [0.717, 1.165) is 11.7 Å². The molecule has 0 saturated heterocycles. The first kappa shape index (κ1) is 14.8. The van der Waals surface area contributed by atoms with Crippen LogP contribution in [0.5, 0.6) is 0 Å². The molecule has 4 N–H and O–H groups in total. The maximum Gasteiger partial charge on any atom is 0.237 e. The number of rotatable bonds is 7. The molecule has 0 aliphatic rings. The first-order valence-corrected chi connectivity index (χ1v) is 6.54. The summed E-state index contributed by atoms with van der Waals surface area (Å²) in [7, 11) is 0. The fraction of sp³-hybridized carbons (Fsp3) is 0.909. The summed E-state index contributed by atoms with van der Waals surface area (Å²) >= 11 is 1.87. The van der Waals surface area contributed by atoms with Gasteiger partial charge < -0.3 is 11.5 Å². The van der Waals surface area contributed by atoms with E-state index in [1.807, 2.05) is 11.8 Å². The molecule has 0 aliphatic heterocycles. The number of hydrogen-bond donors (Lipinski definition) is 2. The molecule has 0 aromatic rings. The molecule has 0 saturated carbocycles. The quantitative estimate of drug-likeness (QED) is 0.702. The van der Waals surface area contributed by atoms with Crippen LogP contribution in [0.4, 0.5) is 0 Å². The number of amides is 1. The molecule has 0 radical (unpaired) electrons. The van der Waals surface area contributed by atoms with Gasteiger partial charge in [-0.3, -0.25) is 4.79 Å². The largest absolute Gasteiger partial charge is 0.368 e. The molecule has 15 heavy (non-hydrogen) atoms. The van der Waals surface area contributed by atoms with Gasteiger partial charge in [-0.05, 0) is 25.0 Å². The fourth-order valence-electron chi connectivity index (χ4n) is 1.20. The Kier molecular flexibility index (Phi) is 6.29. The third kappa shape index (κ3) is 6.05. The highest BCUT2D eigenvalue weighted by Gasteiger charge is 2.28. The molecule has 3 nitrogen and oxygen atoms in total. The number of hydrogen-bond acceptors (Lipinski definition) is 3. The second-order valence-electron chi connectivity index (χ2n) is 4.64. The van der Waals surface area contributed by atoms with Crippen molar-refractivity contribution < 1.29 is 4.79 Å². The molecular weight excluding hydrogens is 208 g/mol. The zero-order valence-corrected chi connectivity index (χ0v) is 11.1. The fourth-order valence-corrected chi connectivity index (χ4v) is 2.56. The second-order valence-corrected chi connectivity index (χ2v) is 6.11. The number of carbonyl (C=O) groups is 1. The van der Waals surface area contributed by atoms with E-state index in [2.05, 4.69) is 20.8 Å². The first-order valence-electron chi connectivity index (χ1n) is 5.50. The van der Waals surface area contributed by atoms with Gasteiger partial charge >= 0.3 is 0 Å². The minimum Gasteiger partial charge on any atom is -0.368 e. The van der Waals surface area contributed by atoms with E-state index in [1.165, 1.54) is 6.42 Å². The van der Waals surface area contributed by atoms with Gasteiger partial charge in [-0.1, -0.05) is 27.2 Å². The number of carbonyl (C=O) groups excluding carboxylic acids is 1. The highest BCUT2D eigenvalue weighted by Crippen LogP contribution is 2.23. The Morgan fingerprint density at radius 2 is 2.00 bits per heavy atom. The van der Waals surface area contributed by atoms with Crippen LogP contribution in [0, 0.1) is 5.92 Å². The second kappa shape index (κ2) is 6.38. The monoisotopic (exact) mass is 232 g/mol. The Hall–Kier alpha value is -0.220. The van der Waals surface area contributed by atoms with Crippen LogP contribution in [0.2, 0.25) is 0 Å². The van der Waals surface area contributed by atoms with Crippen LogP contribution in [0.25, 0.3) is 0 Å². The summed E-state index contributed by atoms with van der Waals surface area (Å²) in [6.07, 6.45) is 1.83. The zero-order valence-electron chi connectivity index (χ0n) is 10.2. The maximum atomic E-state index is 11.0. The average Bonchev–Trinajstić information content (AvgIpc) is 2.13. The third-order valence-corrected chi connectivity index (χ3v) is 4.13. The Balaban J connectivity index is 3.93. The Morgan fingerprint density at radius 1 is 1.47 bits per heavy atom. The van der Waals surface area contributed by atoms with Crippen molar-refractivity contribution in [1.29, 1.82) is 0 Å². The number of thioether (sulfide) groups is 1. The van der Waals surface area contributed by atoms with Gasteiger partial charge in [0.05, 0.1) is 5.54 Å². The highest BCUT2D eigenvalue weighted by molar-refractivity contribution is 7.99. The molecule has 0 aliphatic carbocycles. The van der Waals surface area contributed by atoms with Gasteiger partial charge in [0, 0.05) is 5.25 Å². The summed E-state index contributed by atoms with van der Waals surface area (Å²) in [5.74, 6) is 1.42. The molecule has 90 valence electrons. The van der Waals surface area contributed by atoms with Crippen LogP contribution in [0.3, 0.4) is 0 Å². The van der Waals surface area contributed by atoms with Crippen LogP contribution in [-0.2, 0) is 4.79 Å². The van der Waals surface area contributed by atoms with Crippen LogP contribution < -0.4 is 11.5 Å². The maximum absolute atomic E-state index is 11.0. The van der Waals surface area contributed by atoms with Crippen molar-refractivity contribution in [2.45, 2.75) is 51.3 Å². The van der Waals surface area contributed by atoms with Crippen molar-refractivity contribution >= 4 is 17.7 Å². The number of primary amides is 1. The van der Waals surface area contributed by atoms with E-state index >= 15 is 0 Å². The predicted molar refractivity (Wildman–Crippen MR) is 67.8 cm³/mol. The van der Waals surface area contributed by atoms with E-state index in [1.54, 1.807) is 6.92 Å². The van der Waals surface area contributed by atoms with Crippen molar-refractivity contribution in [2.24, 2.45) is 17.4 Å². The van der Waals surface area contributed by atoms with Crippen LogP contribution >= 0.6 is 11.8 Å². The van der Waals surface area contributed by atoms with Gasteiger partial charge in [-0.2, -0.15) is 11.8 Å². The molecule has 3 unspecified atom stereocenters. The lowest BCUT2D eigenvalue weighted by atomic mass is 9.97. The normalized spacial score (nSPS) is 19.3. The summed E-state index contributed by atoms with van der Waals surface area (Å²) < 4.78 is 0. The van der Waals surface area contributed by atoms with E-state index in [0.29, 0.717) is 11.7 Å². The third-order valence-electron chi connectivity index (χ3n) is 2.64. The van der Waals surface area contributed by atoms with E-state index in [9.17, 15) is 4.79 Å². The lowest BCUT2D eigenvalue weighted by Gasteiger charge is -2.24. The lowest BCUT2D eigenvalue weighted by Crippen LogP contribution is -2.50. The standard InChI is InChI=1S/C11H24N2OS/c1-5-8(2)7-15-9(3)6-11(4,13)10(12)14/h8-9H,5-7,13H2,1-4H3,(H2,12,14). The van der Waals surface area contributed by atoms with Gasteiger partial charge in [0.25, 0.3) is 0 Å². The Bertz CT molecular complexity index is 207. The Morgan fingerprint density at radius 3 is 2.40 bits per heavy atom. The molecular formula is C11H24N2OS. The lowest BCUT2D eigenvalue weighted by molar-refractivity contribution is -0.122. The summed E-state index contributed by atoms with van der Waals surface area (Å²) in [6.45, 7) is 8.22. The minimum absolute atomic E-state index is 0.376. The summed E-state index contributed by atoms with van der Waals surface area (Å²) in [5, 5.41) is 0.376. The minimum atomic E-state index is -0.873. The van der Waals surface area contributed by atoms with Crippen molar-refractivity contribution in [3.63, 3.8) is 0 Å². The molecule has 0 spiro atoms. The zero-order chi connectivity index (χ0) is 12.1. The average molecular weight is 232 g/mol. The van der Waals surface area contributed by atoms with E-state index in [4.69, 9.17) is 11.5 Å². The highest BCUT2D eigenvalue weighted by atomic mass is 32.2. The molecule has 0 fully saturated rings. The van der Waals surface area contributed by atoms with Crippen molar-refractivity contribution in [3.05, 3.63) is 0 Å². The Labute approximate surface area is 97.4 Å². The summed E-state index contributed by atoms with van der Waals surface area (Å²) in [4.78, 5) is 11.0. The van der Waals surface area contributed by atoms with Crippen molar-refractivity contribution in [3.8, 4) is 0 Å². The molecule has 4 heteroatoms. The number of nitrogens with two attached hydrogens (primary N) is 2. The summed E-state index contributed by atoms with van der Waals surface area (Å²) in [6, 6.07) is 0. The van der Waals surface area contributed by atoms with Crippen LogP contribution in [0.1, 0.15) is 40.5 Å². The molecule has 3 atom stereocenters. The van der Waals surface area contributed by atoms with Gasteiger partial charge in [-0.25, -0.2) is 0 Å². The SMILES string of the molecule is CCC(C)CSC(C)CC(C)(N)C(N)=O. The molecule has 0 rings (SSSR count). The molecule has 0 heterocycles. The van der Waals surface area contributed by atoms with Crippen molar-refractivity contribution in [2.75, 3.05) is 5.75 Å². The molecule has 0 aromatic heterocycles.